The number of nitro groups is 1. The van der Waals surface area contributed by atoms with Crippen molar-refractivity contribution < 1.29 is 14.4 Å². The number of hydrogen-bond donors (Lipinski definition) is 0. The normalized spacial score (nSPS) is 22.1. The van der Waals surface area contributed by atoms with Crippen LogP contribution in [0.15, 0.2) is 6.20 Å². The van der Waals surface area contributed by atoms with Crippen molar-refractivity contribution in [2.24, 2.45) is 0 Å². The highest BCUT2D eigenvalue weighted by atomic mass is 16.6. The fourth-order valence-electron chi connectivity index (χ4n) is 2.05. The third-order valence-electron chi connectivity index (χ3n) is 2.80. The summed E-state index contributed by atoms with van der Waals surface area (Å²) in [4.78, 5) is 10.4. The first kappa shape index (κ1) is 8.81. The number of aromatic nitrogens is 2. The largest absolute Gasteiger partial charge is 0.374 e. The molecule has 15 heavy (non-hydrogen) atoms. The number of nitrogens with zero attached hydrogens (tertiary/aromatic N) is 3. The van der Waals surface area contributed by atoms with Gasteiger partial charge < -0.3 is 9.47 Å². The zero-order valence-corrected chi connectivity index (χ0v) is 7.88. The Morgan fingerprint density at radius 1 is 1.60 bits per heavy atom. The number of hydrogen-bond acceptors (Lipinski definition) is 5. The summed E-state index contributed by atoms with van der Waals surface area (Å²) in [5, 5.41) is 14.8. The van der Waals surface area contributed by atoms with E-state index < -0.39 is 10.5 Å². The van der Waals surface area contributed by atoms with E-state index in [-0.39, 0.29) is 5.69 Å². The summed E-state index contributed by atoms with van der Waals surface area (Å²) in [6.45, 7) is 1.83. The lowest BCUT2D eigenvalue weighted by Gasteiger charge is -2.42. The molecule has 0 saturated carbocycles. The molecule has 7 nitrogen and oxygen atoms in total. The van der Waals surface area contributed by atoms with E-state index in [1.165, 1.54) is 6.20 Å². The third-order valence-corrected chi connectivity index (χ3v) is 2.80. The monoisotopic (exact) mass is 211 g/mol. The molecule has 0 aromatic carbocycles. The second-order valence-electron chi connectivity index (χ2n) is 3.69. The van der Waals surface area contributed by atoms with Gasteiger partial charge in [0.15, 0.2) is 11.3 Å². The molecule has 1 aromatic heterocycles. The smallest absolute Gasteiger partial charge is 0.313 e. The van der Waals surface area contributed by atoms with Crippen molar-refractivity contribution in [2.45, 2.75) is 12.1 Å². The molecule has 0 atom stereocenters. The van der Waals surface area contributed by atoms with Crippen LogP contribution in [0, 0.1) is 10.1 Å². The number of rotatable bonds is 1. The van der Waals surface area contributed by atoms with Crippen LogP contribution < -0.4 is 0 Å². The predicted octanol–water partition coefficient (Wildman–Crippen LogP) is 0.0470. The molecule has 1 saturated heterocycles. The molecule has 7 heteroatoms. The van der Waals surface area contributed by atoms with Crippen LogP contribution in [-0.4, -0.2) is 34.5 Å². The molecule has 3 rings (SSSR count). The topological polar surface area (TPSA) is 79.4 Å². The summed E-state index contributed by atoms with van der Waals surface area (Å²) in [6.07, 6.45) is 1.28. The van der Waals surface area contributed by atoms with E-state index in [0.717, 1.165) is 0 Å². The molecule has 0 bridgehead atoms. The predicted molar refractivity (Wildman–Crippen MR) is 47.3 cm³/mol. The highest BCUT2D eigenvalue weighted by Gasteiger charge is 2.50. The highest BCUT2D eigenvalue weighted by molar-refractivity contribution is 5.39. The van der Waals surface area contributed by atoms with Crippen molar-refractivity contribution in [3.05, 3.63) is 22.0 Å². The third kappa shape index (κ3) is 1.04. The fraction of sp³-hybridized carbons (Fsp3) is 0.625. The molecule has 0 unspecified atom stereocenters. The Labute approximate surface area is 84.7 Å². The first-order valence-electron chi connectivity index (χ1n) is 4.65. The maximum absolute atomic E-state index is 10.8. The van der Waals surface area contributed by atoms with E-state index in [2.05, 4.69) is 5.10 Å². The van der Waals surface area contributed by atoms with Crippen molar-refractivity contribution >= 4 is 5.69 Å². The molecular weight excluding hydrogens is 202 g/mol. The molecular formula is C8H9N3O4. The molecule has 2 aliphatic heterocycles. The summed E-state index contributed by atoms with van der Waals surface area (Å²) < 4.78 is 12.3. The maximum Gasteiger partial charge on any atom is 0.313 e. The van der Waals surface area contributed by atoms with Crippen LogP contribution in [-0.2, 0) is 21.6 Å². The van der Waals surface area contributed by atoms with Gasteiger partial charge in [0.25, 0.3) is 0 Å². The van der Waals surface area contributed by atoms with Gasteiger partial charge >= 0.3 is 5.69 Å². The van der Waals surface area contributed by atoms with Gasteiger partial charge in [0.1, 0.15) is 6.20 Å². The van der Waals surface area contributed by atoms with Crippen LogP contribution in [0.4, 0.5) is 5.69 Å². The summed E-state index contributed by atoms with van der Waals surface area (Å²) >= 11 is 0. The molecule has 1 fully saturated rings. The van der Waals surface area contributed by atoms with Crippen LogP contribution in [0.25, 0.3) is 0 Å². The van der Waals surface area contributed by atoms with Crippen LogP contribution in [0.5, 0.6) is 0 Å². The standard InChI is InChI=1S/C8H9N3O4/c12-11(13)6-3-9-10-1-2-15-8(7(6)10)4-14-5-8/h3H,1-2,4-5H2. The van der Waals surface area contributed by atoms with Crippen molar-refractivity contribution in [2.75, 3.05) is 19.8 Å². The van der Waals surface area contributed by atoms with Crippen LogP contribution >= 0.6 is 0 Å². The Kier molecular flexibility index (Phi) is 1.63. The molecule has 0 aliphatic carbocycles. The summed E-state index contributed by atoms with van der Waals surface area (Å²) in [7, 11) is 0. The number of ether oxygens (including phenoxy) is 2. The zero-order chi connectivity index (χ0) is 10.5. The zero-order valence-electron chi connectivity index (χ0n) is 7.88. The average Bonchev–Trinajstić information content (AvgIpc) is 2.58. The minimum atomic E-state index is -0.628. The van der Waals surface area contributed by atoms with Crippen molar-refractivity contribution in [3.63, 3.8) is 0 Å². The second-order valence-corrected chi connectivity index (χ2v) is 3.69. The Bertz CT molecular complexity index is 424. The first-order chi connectivity index (χ1) is 7.23. The summed E-state index contributed by atoms with van der Waals surface area (Å²) in [6, 6.07) is 0. The van der Waals surface area contributed by atoms with Gasteiger partial charge in [0.05, 0.1) is 31.3 Å². The lowest BCUT2D eigenvalue weighted by Crippen LogP contribution is -2.53. The Morgan fingerprint density at radius 2 is 2.40 bits per heavy atom. The Balaban J connectivity index is 2.15. The van der Waals surface area contributed by atoms with Gasteiger partial charge in [-0.15, -0.1) is 0 Å². The molecule has 2 aliphatic rings. The van der Waals surface area contributed by atoms with Crippen LogP contribution in [0.1, 0.15) is 5.69 Å². The lowest BCUT2D eigenvalue weighted by molar-refractivity contribution is -0.388. The van der Waals surface area contributed by atoms with Crippen molar-refractivity contribution in [1.82, 2.24) is 9.78 Å². The van der Waals surface area contributed by atoms with Gasteiger partial charge in [0.2, 0.25) is 0 Å². The SMILES string of the molecule is O=[N+]([O-])c1cnn2c1C1(COC1)OCC2. The van der Waals surface area contributed by atoms with Crippen molar-refractivity contribution in [3.8, 4) is 0 Å². The molecule has 80 valence electrons. The second kappa shape index (κ2) is 2.77. The highest BCUT2D eigenvalue weighted by Crippen LogP contribution is 2.40. The van der Waals surface area contributed by atoms with Crippen LogP contribution in [0.2, 0.25) is 0 Å². The Morgan fingerprint density at radius 3 is 3.00 bits per heavy atom. The molecule has 0 amide bonds. The minimum absolute atomic E-state index is 0.0259. The fourth-order valence-corrected chi connectivity index (χ4v) is 2.05. The summed E-state index contributed by atoms with van der Waals surface area (Å²) in [5.74, 6) is 0. The van der Waals surface area contributed by atoms with Gasteiger partial charge in [-0.1, -0.05) is 0 Å². The van der Waals surface area contributed by atoms with E-state index >= 15 is 0 Å². The van der Waals surface area contributed by atoms with Crippen LogP contribution in [0.3, 0.4) is 0 Å². The van der Waals surface area contributed by atoms with Gasteiger partial charge in [-0.05, 0) is 0 Å². The maximum atomic E-state index is 10.8. The van der Waals surface area contributed by atoms with E-state index in [1.807, 2.05) is 0 Å². The minimum Gasteiger partial charge on any atom is -0.374 e. The molecule has 1 spiro atoms. The van der Waals surface area contributed by atoms with Gasteiger partial charge in [-0.3, -0.25) is 14.8 Å². The van der Waals surface area contributed by atoms with E-state index in [0.29, 0.717) is 32.1 Å². The molecule has 3 heterocycles. The molecule has 0 radical (unpaired) electrons. The Hall–Kier alpha value is -1.47. The van der Waals surface area contributed by atoms with Crippen molar-refractivity contribution in [1.29, 1.82) is 0 Å². The van der Waals surface area contributed by atoms with Gasteiger partial charge in [-0.25, -0.2) is 0 Å². The first-order valence-corrected chi connectivity index (χ1v) is 4.65. The van der Waals surface area contributed by atoms with E-state index in [9.17, 15) is 10.1 Å². The van der Waals surface area contributed by atoms with Gasteiger partial charge in [-0.2, -0.15) is 5.10 Å². The van der Waals surface area contributed by atoms with E-state index in [4.69, 9.17) is 9.47 Å². The van der Waals surface area contributed by atoms with E-state index in [1.54, 1.807) is 4.68 Å². The van der Waals surface area contributed by atoms with Gasteiger partial charge in [0, 0.05) is 0 Å². The average molecular weight is 211 g/mol. The summed E-state index contributed by atoms with van der Waals surface area (Å²) in [5.41, 5.74) is -0.0556. The molecule has 0 N–H and O–H groups in total. The number of fused-ring (bicyclic) bond motifs is 2. The quantitative estimate of drug-likeness (QED) is 0.484. The molecule has 1 aromatic rings. The lowest BCUT2D eigenvalue weighted by atomic mass is 9.95.